The highest BCUT2D eigenvalue weighted by Gasteiger charge is 2.15. The van der Waals surface area contributed by atoms with E-state index in [4.69, 9.17) is 0 Å². The van der Waals surface area contributed by atoms with E-state index in [1.807, 2.05) is 25.1 Å². The van der Waals surface area contributed by atoms with Crippen molar-refractivity contribution in [3.8, 4) is 0 Å². The number of carbonyl (C=O) groups is 1. The number of hydrogen-bond donors (Lipinski definition) is 0. The predicted molar refractivity (Wildman–Crippen MR) is 59.6 cm³/mol. The van der Waals surface area contributed by atoms with E-state index >= 15 is 0 Å². The van der Waals surface area contributed by atoms with Crippen LogP contribution in [0, 0.1) is 6.92 Å². The van der Waals surface area contributed by atoms with E-state index in [0.29, 0.717) is 6.42 Å². The van der Waals surface area contributed by atoms with Gasteiger partial charge in [0.1, 0.15) is 4.83 Å². The third-order valence-corrected chi connectivity index (χ3v) is 2.65. The van der Waals surface area contributed by atoms with E-state index in [1.54, 1.807) is 0 Å². The largest absolute Gasteiger partial charge is 0.468 e. The third-order valence-electron chi connectivity index (χ3n) is 1.95. The normalized spacial score (nSPS) is 12.2. The lowest BCUT2D eigenvalue weighted by molar-refractivity contribution is -0.139. The lowest BCUT2D eigenvalue weighted by Gasteiger charge is -2.07. The van der Waals surface area contributed by atoms with Crippen molar-refractivity contribution in [3.05, 3.63) is 35.4 Å². The van der Waals surface area contributed by atoms with Crippen molar-refractivity contribution in [1.82, 2.24) is 0 Å². The van der Waals surface area contributed by atoms with Gasteiger partial charge >= 0.3 is 5.97 Å². The number of alkyl halides is 1. The van der Waals surface area contributed by atoms with E-state index in [1.165, 1.54) is 12.7 Å². The first kappa shape index (κ1) is 11.2. The fourth-order valence-corrected chi connectivity index (χ4v) is 1.82. The van der Waals surface area contributed by atoms with Gasteiger partial charge in [-0.1, -0.05) is 45.8 Å². The Hall–Kier alpha value is -0.830. The number of hydrogen-bond acceptors (Lipinski definition) is 2. The van der Waals surface area contributed by atoms with Gasteiger partial charge in [-0.2, -0.15) is 0 Å². The molecule has 1 rings (SSSR count). The topological polar surface area (TPSA) is 26.3 Å². The van der Waals surface area contributed by atoms with Gasteiger partial charge in [0.25, 0.3) is 0 Å². The maximum absolute atomic E-state index is 11.1. The molecule has 0 aliphatic carbocycles. The number of methoxy groups -OCH3 is 1. The smallest absolute Gasteiger partial charge is 0.319 e. The highest BCUT2D eigenvalue weighted by atomic mass is 79.9. The van der Waals surface area contributed by atoms with Crippen LogP contribution in [0.15, 0.2) is 24.3 Å². The number of aryl methyl sites for hydroxylation is 1. The number of carbonyl (C=O) groups excluding carboxylic acids is 1. The molecule has 1 unspecified atom stereocenters. The highest BCUT2D eigenvalue weighted by Crippen LogP contribution is 2.12. The quantitative estimate of drug-likeness (QED) is 0.614. The molecule has 2 nitrogen and oxygen atoms in total. The molecule has 0 aromatic heterocycles. The maximum Gasteiger partial charge on any atom is 0.319 e. The van der Waals surface area contributed by atoms with Crippen molar-refractivity contribution in [2.45, 2.75) is 18.2 Å². The summed E-state index contributed by atoms with van der Waals surface area (Å²) in [5, 5.41) is 0. The summed E-state index contributed by atoms with van der Waals surface area (Å²) in [6.07, 6.45) is 0.661. The van der Waals surface area contributed by atoms with E-state index in [-0.39, 0.29) is 10.8 Å². The molecule has 0 radical (unpaired) electrons. The second kappa shape index (κ2) is 5.15. The van der Waals surface area contributed by atoms with Crippen LogP contribution in [0.1, 0.15) is 11.1 Å². The Balaban J connectivity index is 2.64. The van der Waals surface area contributed by atoms with Crippen LogP contribution >= 0.6 is 15.9 Å². The van der Waals surface area contributed by atoms with Gasteiger partial charge < -0.3 is 4.74 Å². The zero-order valence-corrected chi connectivity index (χ0v) is 9.87. The summed E-state index contributed by atoms with van der Waals surface area (Å²) in [6.45, 7) is 2.03. The number of benzene rings is 1. The van der Waals surface area contributed by atoms with Crippen LogP contribution in [-0.2, 0) is 16.0 Å². The van der Waals surface area contributed by atoms with Gasteiger partial charge in [-0.3, -0.25) is 4.79 Å². The van der Waals surface area contributed by atoms with Crippen molar-refractivity contribution in [2.24, 2.45) is 0 Å². The Morgan fingerprint density at radius 1 is 1.57 bits per heavy atom. The second-order valence-corrected chi connectivity index (χ2v) is 4.29. The zero-order valence-electron chi connectivity index (χ0n) is 8.29. The first-order chi connectivity index (χ1) is 6.63. The average Bonchev–Trinajstić information content (AvgIpc) is 2.16. The lowest BCUT2D eigenvalue weighted by atomic mass is 10.1. The van der Waals surface area contributed by atoms with Gasteiger partial charge in [0, 0.05) is 0 Å². The van der Waals surface area contributed by atoms with Crippen LogP contribution in [0.2, 0.25) is 0 Å². The van der Waals surface area contributed by atoms with Gasteiger partial charge in [-0.15, -0.1) is 0 Å². The monoisotopic (exact) mass is 256 g/mol. The molecule has 0 spiro atoms. The highest BCUT2D eigenvalue weighted by molar-refractivity contribution is 9.10. The molecule has 1 aromatic carbocycles. The van der Waals surface area contributed by atoms with Gasteiger partial charge in [0.15, 0.2) is 0 Å². The van der Waals surface area contributed by atoms with Crippen LogP contribution in [0.5, 0.6) is 0 Å². The van der Waals surface area contributed by atoms with Crippen molar-refractivity contribution in [3.63, 3.8) is 0 Å². The SMILES string of the molecule is COC(=O)C(Br)Cc1cccc(C)c1. The van der Waals surface area contributed by atoms with Crippen LogP contribution in [0.25, 0.3) is 0 Å². The number of rotatable bonds is 3. The number of ether oxygens (including phenoxy) is 1. The van der Waals surface area contributed by atoms with Crippen molar-refractivity contribution >= 4 is 21.9 Å². The molecule has 0 saturated heterocycles. The molecule has 1 aromatic rings. The maximum atomic E-state index is 11.1. The fourth-order valence-electron chi connectivity index (χ4n) is 1.26. The zero-order chi connectivity index (χ0) is 10.6. The fraction of sp³-hybridized carbons (Fsp3) is 0.364. The Morgan fingerprint density at radius 2 is 2.29 bits per heavy atom. The van der Waals surface area contributed by atoms with Crippen LogP contribution in [0.4, 0.5) is 0 Å². The molecule has 0 aliphatic rings. The molecular weight excluding hydrogens is 244 g/mol. The Labute approximate surface area is 92.4 Å². The van der Waals surface area contributed by atoms with E-state index in [2.05, 4.69) is 26.7 Å². The molecule has 0 N–H and O–H groups in total. The van der Waals surface area contributed by atoms with Gasteiger partial charge in [0.05, 0.1) is 7.11 Å². The Morgan fingerprint density at radius 3 is 2.86 bits per heavy atom. The first-order valence-corrected chi connectivity index (χ1v) is 5.32. The molecule has 76 valence electrons. The molecule has 0 fully saturated rings. The number of esters is 1. The average molecular weight is 257 g/mol. The summed E-state index contributed by atoms with van der Waals surface area (Å²) >= 11 is 3.29. The Kier molecular flexibility index (Phi) is 4.14. The van der Waals surface area contributed by atoms with Crippen LogP contribution in [-0.4, -0.2) is 17.9 Å². The molecule has 0 heterocycles. The molecule has 0 saturated carbocycles. The van der Waals surface area contributed by atoms with Crippen molar-refractivity contribution in [1.29, 1.82) is 0 Å². The van der Waals surface area contributed by atoms with Gasteiger partial charge in [-0.05, 0) is 18.9 Å². The minimum Gasteiger partial charge on any atom is -0.468 e. The minimum atomic E-state index is -0.255. The molecule has 0 aliphatic heterocycles. The predicted octanol–water partition coefficient (Wildman–Crippen LogP) is 2.47. The third kappa shape index (κ3) is 3.14. The number of halogens is 1. The summed E-state index contributed by atoms with van der Waals surface area (Å²) in [4.78, 5) is 10.9. The van der Waals surface area contributed by atoms with Crippen LogP contribution in [0.3, 0.4) is 0 Å². The Bertz CT molecular complexity index is 323. The van der Waals surface area contributed by atoms with Crippen LogP contribution < -0.4 is 0 Å². The molecule has 3 heteroatoms. The molecule has 0 amide bonds. The first-order valence-electron chi connectivity index (χ1n) is 4.41. The minimum absolute atomic E-state index is 0.230. The lowest BCUT2D eigenvalue weighted by Crippen LogP contribution is -2.18. The van der Waals surface area contributed by atoms with Crippen molar-refractivity contribution in [2.75, 3.05) is 7.11 Å². The van der Waals surface area contributed by atoms with E-state index in [0.717, 1.165) is 5.56 Å². The van der Waals surface area contributed by atoms with E-state index in [9.17, 15) is 4.79 Å². The molecular formula is C11H13BrO2. The van der Waals surface area contributed by atoms with E-state index < -0.39 is 0 Å². The molecule has 0 bridgehead atoms. The summed E-state index contributed by atoms with van der Waals surface area (Å²) in [5.41, 5.74) is 2.34. The standard InChI is InChI=1S/C11H13BrO2/c1-8-4-3-5-9(6-8)7-10(12)11(13)14-2/h3-6,10H,7H2,1-2H3. The van der Waals surface area contributed by atoms with Crippen molar-refractivity contribution < 1.29 is 9.53 Å². The second-order valence-electron chi connectivity index (χ2n) is 3.18. The van der Waals surface area contributed by atoms with Gasteiger partial charge in [0.2, 0.25) is 0 Å². The summed E-state index contributed by atoms with van der Waals surface area (Å²) in [6, 6.07) is 8.09. The summed E-state index contributed by atoms with van der Waals surface area (Å²) < 4.78 is 4.63. The summed E-state index contributed by atoms with van der Waals surface area (Å²) in [7, 11) is 1.40. The molecule has 1 atom stereocenters. The molecule has 14 heavy (non-hydrogen) atoms. The van der Waals surface area contributed by atoms with Gasteiger partial charge in [-0.25, -0.2) is 0 Å². The summed E-state index contributed by atoms with van der Waals surface area (Å²) in [5.74, 6) is -0.230.